The normalized spacial score (nSPS) is 13.5. The number of alkyl halides is 3. The number of nitrogens with two attached hydrogens (primary N) is 1. The second kappa shape index (κ2) is 7.50. The number of carbonyl (C=O) groups excluding carboxylic acids is 1. The minimum Gasteiger partial charge on any atom is -0.362 e. The molecule has 0 aliphatic rings. The fraction of sp³-hybridized carbons (Fsp3) is 0.900. The number of likely N-dealkylation sites (N-methyl/N-ethyl adjacent to an activating group) is 1. The van der Waals surface area contributed by atoms with Crippen molar-refractivity contribution in [2.75, 3.05) is 32.8 Å². The predicted octanol–water partition coefficient (Wildman–Crippen LogP) is 1.01. The van der Waals surface area contributed by atoms with Crippen molar-refractivity contribution in [3.8, 4) is 0 Å². The monoisotopic (exact) mass is 256 g/mol. The zero-order valence-corrected chi connectivity index (χ0v) is 10.1. The Morgan fingerprint density at radius 2 is 2.06 bits per heavy atom. The summed E-state index contributed by atoms with van der Waals surface area (Å²) >= 11 is 0. The molecule has 0 aromatic rings. The first kappa shape index (κ1) is 16.2. The topological polar surface area (TPSA) is 55.6 Å². The van der Waals surface area contributed by atoms with E-state index in [-0.39, 0.29) is 5.92 Å². The molecule has 1 atom stereocenters. The highest BCUT2D eigenvalue weighted by atomic mass is 19.4. The van der Waals surface area contributed by atoms with Gasteiger partial charge in [0.25, 0.3) is 0 Å². The molecule has 1 unspecified atom stereocenters. The number of halogens is 3. The highest BCUT2D eigenvalue weighted by Gasteiger charge is 2.28. The van der Waals surface area contributed by atoms with E-state index >= 15 is 0 Å². The third-order valence-corrected chi connectivity index (χ3v) is 2.16. The van der Waals surface area contributed by atoms with Crippen LogP contribution in [0.1, 0.15) is 13.8 Å². The van der Waals surface area contributed by atoms with Crippen molar-refractivity contribution in [3.63, 3.8) is 0 Å². The van der Waals surface area contributed by atoms with E-state index in [0.717, 1.165) is 0 Å². The molecule has 0 aromatic carbocycles. The van der Waals surface area contributed by atoms with Gasteiger partial charge in [0.1, 0.15) is 13.2 Å². The van der Waals surface area contributed by atoms with E-state index in [1.807, 2.05) is 6.92 Å². The second-order valence-corrected chi connectivity index (χ2v) is 3.88. The van der Waals surface area contributed by atoms with E-state index in [2.05, 4.69) is 4.74 Å². The van der Waals surface area contributed by atoms with Gasteiger partial charge in [0.15, 0.2) is 0 Å². The minimum atomic E-state index is -4.40. The Labute approximate surface area is 98.9 Å². The molecule has 7 heteroatoms. The molecule has 0 aliphatic heterocycles. The fourth-order valence-electron chi connectivity index (χ4n) is 1.20. The smallest absolute Gasteiger partial charge is 0.362 e. The van der Waals surface area contributed by atoms with Crippen LogP contribution < -0.4 is 5.73 Å². The van der Waals surface area contributed by atoms with Gasteiger partial charge in [-0.25, -0.2) is 0 Å². The second-order valence-electron chi connectivity index (χ2n) is 3.88. The Hall–Kier alpha value is -0.820. The first-order chi connectivity index (χ1) is 7.80. The minimum absolute atomic E-state index is 0.113. The molecule has 0 saturated heterocycles. The standard InChI is InChI=1S/C10H19F3N2O2/c1-3-15(5-8(2)4-14)9(16)6-17-7-10(11,12)13/h8H,3-7,14H2,1-2H3. The number of hydrogen-bond acceptors (Lipinski definition) is 3. The summed E-state index contributed by atoms with van der Waals surface area (Å²) in [5, 5.41) is 0. The molecule has 0 bridgehead atoms. The first-order valence-electron chi connectivity index (χ1n) is 5.42. The maximum Gasteiger partial charge on any atom is 0.411 e. The maximum atomic E-state index is 11.8. The number of nitrogens with zero attached hydrogens (tertiary/aromatic N) is 1. The molecule has 0 aliphatic carbocycles. The van der Waals surface area contributed by atoms with Gasteiger partial charge in [0.2, 0.25) is 5.91 Å². The Balaban J connectivity index is 4.00. The van der Waals surface area contributed by atoms with Gasteiger partial charge in [-0.05, 0) is 19.4 Å². The summed E-state index contributed by atoms with van der Waals surface area (Å²) in [4.78, 5) is 12.9. The molecule has 0 radical (unpaired) electrons. The molecule has 4 nitrogen and oxygen atoms in total. The molecule has 1 amide bonds. The van der Waals surface area contributed by atoms with E-state index < -0.39 is 25.3 Å². The van der Waals surface area contributed by atoms with Gasteiger partial charge in [-0.2, -0.15) is 13.2 Å². The predicted molar refractivity (Wildman–Crippen MR) is 57.3 cm³/mol. The lowest BCUT2D eigenvalue weighted by molar-refractivity contribution is -0.177. The zero-order chi connectivity index (χ0) is 13.5. The molecule has 0 aromatic heterocycles. The van der Waals surface area contributed by atoms with Crippen LogP contribution in [0.5, 0.6) is 0 Å². The molecule has 0 saturated carbocycles. The van der Waals surface area contributed by atoms with Crippen LogP contribution in [0.3, 0.4) is 0 Å². The van der Waals surface area contributed by atoms with Crippen LogP contribution in [-0.2, 0) is 9.53 Å². The molecule has 0 heterocycles. The van der Waals surface area contributed by atoms with Gasteiger partial charge in [0, 0.05) is 13.1 Å². The lowest BCUT2D eigenvalue weighted by Crippen LogP contribution is -2.39. The summed E-state index contributed by atoms with van der Waals surface area (Å²) in [6, 6.07) is 0. The zero-order valence-electron chi connectivity index (χ0n) is 10.1. The van der Waals surface area contributed by atoms with E-state index in [0.29, 0.717) is 19.6 Å². The largest absolute Gasteiger partial charge is 0.411 e. The van der Waals surface area contributed by atoms with Crippen LogP contribution in [0.15, 0.2) is 0 Å². The SMILES string of the molecule is CCN(CC(C)CN)C(=O)COCC(F)(F)F. The Kier molecular flexibility index (Phi) is 7.13. The van der Waals surface area contributed by atoms with Gasteiger partial charge in [-0.15, -0.1) is 0 Å². The summed E-state index contributed by atoms with van der Waals surface area (Å²) in [5.74, 6) is -0.335. The van der Waals surface area contributed by atoms with Crippen molar-refractivity contribution in [1.82, 2.24) is 4.90 Å². The summed E-state index contributed by atoms with van der Waals surface area (Å²) in [7, 11) is 0. The van der Waals surface area contributed by atoms with E-state index in [9.17, 15) is 18.0 Å². The summed E-state index contributed by atoms with van der Waals surface area (Å²) in [5.41, 5.74) is 5.41. The van der Waals surface area contributed by atoms with Gasteiger partial charge >= 0.3 is 6.18 Å². The van der Waals surface area contributed by atoms with Crippen LogP contribution in [0.2, 0.25) is 0 Å². The molecule has 17 heavy (non-hydrogen) atoms. The summed E-state index contributed by atoms with van der Waals surface area (Å²) in [6.45, 7) is 2.96. The van der Waals surface area contributed by atoms with Crippen molar-refractivity contribution in [2.45, 2.75) is 20.0 Å². The molecule has 102 valence electrons. The Bertz CT molecular complexity index is 234. The summed E-state index contributed by atoms with van der Waals surface area (Å²) in [6.07, 6.45) is -4.40. The van der Waals surface area contributed by atoms with Crippen LogP contribution >= 0.6 is 0 Å². The van der Waals surface area contributed by atoms with E-state index in [1.54, 1.807) is 6.92 Å². The van der Waals surface area contributed by atoms with Crippen molar-refractivity contribution in [2.24, 2.45) is 11.7 Å². The van der Waals surface area contributed by atoms with Crippen molar-refractivity contribution in [1.29, 1.82) is 0 Å². The highest BCUT2D eigenvalue weighted by Crippen LogP contribution is 2.14. The average molecular weight is 256 g/mol. The van der Waals surface area contributed by atoms with Crippen LogP contribution in [0.4, 0.5) is 13.2 Å². The third-order valence-electron chi connectivity index (χ3n) is 2.16. The van der Waals surface area contributed by atoms with Gasteiger partial charge < -0.3 is 15.4 Å². The molecular formula is C10H19F3N2O2. The lowest BCUT2D eigenvalue weighted by Gasteiger charge is -2.24. The number of amides is 1. The molecule has 0 rings (SSSR count). The summed E-state index contributed by atoms with van der Waals surface area (Å²) < 4.78 is 39.7. The molecule has 0 spiro atoms. The van der Waals surface area contributed by atoms with Crippen molar-refractivity contribution >= 4 is 5.91 Å². The highest BCUT2D eigenvalue weighted by molar-refractivity contribution is 5.77. The molecule has 2 N–H and O–H groups in total. The number of carbonyl (C=O) groups is 1. The van der Waals surface area contributed by atoms with Gasteiger partial charge in [-0.1, -0.05) is 6.92 Å². The fourth-order valence-corrected chi connectivity index (χ4v) is 1.20. The number of hydrogen-bond donors (Lipinski definition) is 1. The van der Waals surface area contributed by atoms with Crippen molar-refractivity contribution in [3.05, 3.63) is 0 Å². The quantitative estimate of drug-likeness (QED) is 0.739. The lowest BCUT2D eigenvalue weighted by atomic mass is 10.1. The Morgan fingerprint density at radius 1 is 1.47 bits per heavy atom. The van der Waals surface area contributed by atoms with Crippen LogP contribution in [0.25, 0.3) is 0 Å². The number of ether oxygens (including phenoxy) is 1. The third kappa shape index (κ3) is 7.98. The Morgan fingerprint density at radius 3 is 2.47 bits per heavy atom. The van der Waals surface area contributed by atoms with E-state index in [4.69, 9.17) is 5.73 Å². The van der Waals surface area contributed by atoms with Crippen LogP contribution in [0, 0.1) is 5.92 Å². The average Bonchev–Trinajstić information content (AvgIpc) is 2.23. The van der Waals surface area contributed by atoms with Gasteiger partial charge in [0.05, 0.1) is 0 Å². The van der Waals surface area contributed by atoms with Gasteiger partial charge in [-0.3, -0.25) is 4.79 Å². The van der Waals surface area contributed by atoms with E-state index in [1.165, 1.54) is 4.90 Å². The molecular weight excluding hydrogens is 237 g/mol. The van der Waals surface area contributed by atoms with Crippen molar-refractivity contribution < 1.29 is 22.7 Å². The first-order valence-corrected chi connectivity index (χ1v) is 5.42. The van der Waals surface area contributed by atoms with Crippen LogP contribution in [-0.4, -0.2) is 49.8 Å². The maximum absolute atomic E-state index is 11.8. The number of rotatable bonds is 7. The molecule has 0 fully saturated rings.